The highest BCUT2D eigenvalue weighted by atomic mass is 19.1. The van der Waals surface area contributed by atoms with Crippen molar-refractivity contribution in [1.82, 2.24) is 15.5 Å². The Hall–Kier alpha value is -3.09. The molecule has 0 saturated carbocycles. The Morgan fingerprint density at radius 2 is 1.88 bits per heavy atom. The fourth-order valence-corrected chi connectivity index (χ4v) is 2.30. The largest absolute Gasteiger partial charge is 0.344 e. The van der Waals surface area contributed by atoms with E-state index in [0.717, 1.165) is 0 Å². The number of halogens is 2. The zero-order valence-electron chi connectivity index (χ0n) is 13.4. The molecule has 0 aliphatic rings. The van der Waals surface area contributed by atoms with E-state index in [9.17, 15) is 13.6 Å². The second-order valence-corrected chi connectivity index (χ2v) is 5.52. The maximum atomic E-state index is 13.6. The Morgan fingerprint density at radius 1 is 1.16 bits per heavy atom. The number of hydrogen-bond acceptors (Lipinski definition) is 4. The third kappa shape index (κ3) is 4.06. The van der Waals surface area contributed by atoms with Gasteiger partial charge in [0.15, 0.2) is 0 Å². The molecule has 3 rings (SSSR count). The molecule has 25 heavy (non-hydrogen) atoms. The summed E-state index contributed by atoms with van der Waals surface area (Å²) in [5, 5.41) is 6.51. The minimum atomic E-state index is -0.541. The molecule has 0 aliphatic heterocycles. The zero-order valence-corrected chi connectivity index (χ0v) is 13.4. The average molecular weight is 343 g/mol. The minimum Gasteiger partial charge on any atom is -0.344 e. The lowest BCUT2D eigenvalue weighted by Crippen LogP contribution is -2.28. The van der Waals surface area contributed by atoms with Crippen LogP contribution in [0.4, 0.5) is 8.78 Å². The molecule has 0 radical (unpaired) electrons. The number of aromatic nitrogens is 2. The summed E-state index contributed by atoms with van der Waals surface area (Å²) in [6.07, 6.45) is -0.0873. The van der Waals surface area contributed by atoms with E-state index in [1.807, 2.05) is 0 Å². The van der Waals surface area contributed by atoms with Crippen LogP contribution in [0, 0.1) is 11.6 Å². The number of carbonyl (C=O) groups is 1. The van der Waals surface area contributed by atoms with Gasteiger partial charge in [0.25, 0.3) is 0 Å². The van der Waals surface area contributed by atoms with Crippen LogP contribution < -0.4 is 5.32 Å². The van der Waals surface area contributed by atoms with Crippen molar-refractivity contribution in [2.45, 2.75) is 19.4 Å². The monoisotopic (exact) mass is 343 g/mol. The van der Waals surface area contributed by atoms with Crippen LogP contribution in [0.25, 0.3) is 11.4 Å². The van der Waals surface area contributed by atoms with Crippen LogP contribution in [0.1, 0.15) is 24.4 Å². The molecule has 1 heterocycles. The summed E-state index contributed by atoms with van der Waals surface area (Å²) in [4.78, 5) is 16.3. The first kappa shape index (κ1) is 16.8. The molecule has 2 aromatic carbocycles. The lowest BCUT2D eigenvalue weighted by atomic mass is 10.1. The van der Waals surface area contributed by atoms with Crippen LogP contribution in [0.15, 0.2) is 53.1 Å². The number of nitrogens with zero attached hydrogens (tertiary/aromatic N) is 2. The second-order valence-electron chi connectivity index (χ2n) is 5.52. The Bertz CT molecular complexity index is 878. The number of carbonyl (C=O) groups excluding carboxylic acids is 1. The molecule has 1 atom stereocenters. The van der Waals surface area contributed by atoms with Gasteiger partial charge in [-0.05, 0) is 42.8 Å². The first-order chi connectivity index (χ1) is 12.0. The van der Waals surface area contributed by atoms with E-state index in [0.29, 0.717) is 17.0 Å². The SMILES string of the molecule is C[C@H](NC(=O)Cc1ccccc1F)c1nc(-c2ccc(F)cc2)no1. The third-order valence-corrected chi connectivity index (χ3v) is 3.60. The molecular weight excluding hydrogens is 328 g/mol. The first-order valence-corrected chi connectivity index (χ1v) is 7.65. The molecule has 0 saturated heterocycles. The van der Waals surface area contributed by atoms with Crippen molar-refractivity contribution < 1.29 is 18.1 Å². The molecule has 0 fully saturated rings. The summed E-state index contributed by atoms with van der Waals surface area (Å²) in [6, 6.07) is 11.2. The van der Waals surface area contributed by atoms with Gasteiger partial charge in [0.1, 0.15) is 17.7 Å². The lowest BCUT2D eigenvalue weighted by Gasteiger charge is -2.10. The van der Waals surface area contributed by atoms with Gasteiger partial charge in [-0.25, -0.2) is 8.78 Å². The summed E-state index contributed by atoms with van der Waals surface area (Å²) >= 11 is 0. The van der Waals surface area contributed by atoms with E-state index in [4.69, 9.17) is 4.52 Å². The van der Waals surface area contributed by atoms with Gasteiger partial charge in [0.2, 0.25) is 17.6 Å². The molecule has 1 amide bonds. The quantitative estimate of drug-likeness (QED) is 0.771. The summed E-state index contributed by atoms with van der Waals surface area (Å²) in [7, 11) is 0. The predicted molar refractivity (Wildman–Crippen MR) is 86.4 cm³/mol. The van der Waals surface area contributed by atoms with Crippen molar-refractivity contribution in [2.75, 3.05) is 0 Å². The highest BCUT2D eigenvalue weighted by Gasteiger charge is 2.18. The van der Waals surface area contributed by atoms with Crippen LogP contribution in [0.3, 0.4) is 0 Å². The number of rotatable bonds is 5. The molecule has 7 heteroatoms. The summed E-state index contributed by atoms with van der Waals surface area (Å²) < 4.78 is 31.7. The normalized spacial score (nSPS) is 12.0. The molecular formula is C18H15F2N3O2. The van der Waals surface area contributed by atoms with E-state index in [-0.39, 0.29) is 24.0 Å². The van der Waals surface area contributed by atoms with Crippen LogP contribution in [-0.2, 0) is 11.2 Å². The standard InChI is InChI=1S/C18H15F2N3O2/c1-11(21-16(24)10-13-4-2-3-5-15(13)20)18-22-17(23-25-18)12-6-8-14(19)9-7-12/h2-9,11H,10H2,1H3,(H,21,24)/t11-/m0/s1. The van der Waals surface area contributed by atoms with Gasteiger partial charge in [-0.2, -0.15) is 4.98 Å². The maximum absolute atomic E-state index is 13.6. The van der Waals surface area contributed by atoms with Gasteiger partial charge in [0, 0.05) is 5.56 Å². The van der Waals surface area contributed by atoms with Gasteiger partial charge in [-0.3, -0.25) is 4.79 Å². The van der Waals surface area contributed by atoms with Crippen LogP contribution >= 0.6 is 0 Å². The van der Waals surface area contributed by atoms with Gasteiger partial charge in [0.05, 0.1) is 6.42 Å². The van der Waals surface area contributed by atoms with Crippen molar-refractivity contribution in [3.63, 3.8) is 0 Å². The topological polar surface area (TPSA) is 68.0 Å². The molecule has 0 unspecified atom stereocenters. The summed E-state index contributed by atoms with van der Waals surface area (Å²) in [5.41, 5.74) is 0.908. The highest BCUT2D eigenvalue weighted by Crippen LogP contribution is 2.19. The zero-order chi connectivity index (χ0) is 17.8. The Kier molecular flexibility index (Phi) is 4.83. The third-order valence-electron chi connectivity index (χ3n) is 3.60. The fraction of sp³-hybridized carbons (Fsp3) is 0.167. The van der Waals surface area contributed by atoms with Gasteiger partial charge < -0.3 is 9.84 Å². The van der Waals surface area contributed by atoms with Gasteiger partial charge in [-0.15, -0.1) is 0 Å². The van der Waals surface area contributed by atoms with Gasteiger partial charge in [-0.1, -0.05) is 23.4 Å². The summed E-state index contributed by atoms with van der Waals surface area (Å²) in [6.45, 7) is 1.68. The predicted octanol–water partition coefficient (Wildman–Crippen LogP) is 3.43. The highest BCUT2D eigenvalue weighted by molar-refractivity contribution is 5.78. The van der Waals surface area contributed by atoms with Gasteiger partial charge >= 0.3 is 0 Å². The average Bonchev–Trinajstić information content (AvgIpc) is 3.08. The van der Waals surface area contributed by atoms with Crippen molar-refractivity contribution in [2.24, 2.45) is 0 Å². The Balaban J connectivity index is 1.65. The Labute approximate surface area is 142 Å². The maximum Gasteiger partial charge on any atom is 0.249 e. The fourth-order valence-electron chi connectivity index (χ4n) is 2.30. The second kappa shape index (κ2) is 7.21. The first-order valence-electron chi connectivity index (χ1n) is 7.65. The van der Waals surface area contributed by atoms with Crippen molar-refractivity contribution >= 4 is 5.91 Å². The van der Waals surface area contributed by atoms with Crippen molar-refractivity contribution in [3.05, 3.63) is 71.6 Å². The number of hydrogen-bond donors (Lipinski definition) is 1. The van der Waals surface area contributed by atoms with E-state index in [2.05, 4.69) is 15.5 Å². The molecule has 1 aromatic heterocycles. The Morgan fingerprint density at radius 3 is 2.60 bits per heavy atom. The molecule has 128 valence electrons. The molecule has 0 spiro atoms. The number of nitrogens with one attached hydrogen (secondary N) is 1. The van der Waals surface area contributed by atoms with Crippen molar-refractivity contribution in [3.8, 4) is 11.4 Å². The summed E-state index contributed by atoms with van der Waals surface area (Å²) in [5.74, 6) is -0.645. The van der Waals surface area contributed by atoms with E-state index < -0.39 is 11.9 Å². The van der Waals surface area contributed by atoms with E-state index in [1.165, 1.54) is 30.3 Å². The lowest BCUT2D eigenvalue weighted by molar-refractivity contribution is -0.121. The molecule has 0 aliphatic carbocycles. The molecule has 1 N–H and O–H groups in total. The molecule has 3 aromatic rings. The molecule has 5 nitrogen and oxygen atoms in total. The number of benzene rings is 2. The van der Waals surface area contributed by atoms with Crippen LogP contribution in [0.5, 0.6) is 0 Å². The minimum absolute atomic E-state index is 0.0873. The van der Waals surface area contributed by atoms with E-state index in [1.54, 1.807) is 25.1 Å². The number of amides is 1. The van der Waals surface area contributed by atoms with Crippen LogP contribution in [0.2, 0.25) is 0 Å². The van der Waals surface area contributed by atoms with E-state index >= 15 is 0 Å². The molecule has 0 bridgehead atoms. The van der Waals surface area contributed by atoms with Crippen molar-refractivity contribution in [1.29, 1.82) is 0 Å². The smallest absolute Gasteiger partial charge is 0.249 e. The van der Waals surface area contributed by atoms with Crippen LogP contribution in [-0.4, -0.2) is 16.0 Å².